The number of nitrogens with one attached hydrogen (secondary N) is 2. The Morgan fingerprint density at radius 2 is 1.93 bits per heavy atom. The second kappa shape index (κ2) is 8.70. The number of thiazole rings is 1. The minimum Gasteiger partial charge on any atom is -0.351 e. The number of anilines is 2. The summed E-state index contributed by atoms with van der Waals surface area (Å²) in [6, 6.07) is 11.1. The van der Waals surface area contributed by atoms with E-state index in [1.165, 1.54) is 31.2 Å². The van der Waals surface area contributed by atoms with E-state index in [1.54, 1.807) is 11.3 Å². The Hall–Kier alpha value is -2.51. The number of aromatic nitrogens is 3. The zero-order valence-electron chi connectivity index (χ0n) is 17.4. The van der Waals surface area contributed by atoms with Crippen LogP contribution in [0.3, 0.4) is 0 Å². The fraction of sp³-hybridized carbons (Fsp3) is 0.435. The maximum absolute atomic E-state index is 5.09. The summed E-state index contributed by atoms with van der Waals surface area (Å²) in [7, 11) is 0. The first-order chi connectivity index (χ1) is 14.8. The minimum atomic E-state index is 0.495. The number of hydrogen-bond acceptors (Lipinski definition) is 7. The first kappa shape index (κ1) is 19.5. The molecule has 1 aliphatic heterocycles. The van der Waals surface area contributed by atoms with Gasteiger partial charge in [-0.2, -0.15) is 0 Å². The van der Waals surface area contributed by atoms with Gasteiger partial charge in [-0.3, -0.25) is 0 Å². The van der Waals surface area contributed by atoms with Gasteiger partial charge in [0.15, 0.2) is 5.13 Å². The first-order valence-corrected chi connectivity index (χ1v) is 11.7. The molecule has 1 saturated heterocycles. The lowest BCUT2D eigenvalue weighted by molar-refractivity contribution is 0.588. The summed E-state index contributed by atoms with van der Waals surface area (Å²) >= 11 is 1.74. The summed E-state index contributed by atoms with van der Waals surface area (Å²) in [6.45, 7) is 6.09. The van der Waals surface area contributed by atoms with Crippen LogP contribution in [0.25, 0.3) is 21.8 Å². The predicted molar refractivity (Wildman–Crippen MR) is 124 cm³/mol. The molecule has 0 unspecified atom stereocenters. The van der Waals surface area contributed by atoms with Crippen molar-refractivity contribution < 1.29 is 0 Å². The molecule has 1 aromatic carbocycles. The summed E-state index contributed by atoms with van der Waals surface area (Å²) in [4.78, 5) is 18.0. The van der Waals surface area contributed by atoms with Gasteiger partial charge in [0.2, 0.25) is 5.95 Å². The Labute approximate surface area is 181 Å². The lowest BCUT2D eigenvalue weighted by Gasteiger charge is -2.26. The van der Waals surface area contributed by atoms with Crippen LogP contribution in [0.4, 0.5) is 11.1 Å². The standard InChI is InChI=1S/C23H28N6S/c1-16-5-4-6-17(15-16)20-21(30-23(28-20)29-13-11-24-12-14-29)19-9-10-25-22(27-19)26-18-7-2-3-8-18/h4-6,9-10,15,18,24H,2-3,7-8,11-14H2,1H3,(H,25,26,27). The van der Waals surface area contributed by atoms with Crippen LogP contribution in [0.5, 0.6) is 0 Å². The molecule has 6 nitrogen and oxygen atoms in total. The number of nitrogens with zero attached hydrogens (tertiary/aromatic N) is 4. The molecule has 3 heterocycles. The smallest absolute Gasteiger partial charge is 0.223 e. The van der Waals surface area contributed by atoms with E-state index in [4.69, 9.17) is 9.97 Å². The second-order valence-corrected chi connectivity index (χ2v) is 9.15. The van der Waals surface area contributed by atoms with Crippen molar-refractivity contribution in [1.29, 1.82) is 0 Å². The summed E-state index contributed by atoms with van der Waals surface area (Å²) in [5.74, 6) is 0.728. The third-order valence-electron chi connectivity index (χ3n) is 5.87. The Balaban J connectivity index is 1.53. The van der Waals surface area contributed by atoms with E-state index in [0.717, 1.165) is 59.1 Å². The van der Waals surface area contributed by atoms with Gasteiger partial charge in [0, 0.05) is 44.0 Å². The van der Waals surface area contributed by atoms with E-state index in [-0.39, 0.29) is 0 Å². The first-order valence-electron chi connectivity index (χ1n) is 10.9. The quantitative estimate of drug-likeness (QED) is 0.640. The van der Waals surface area contributed by atoms with Gasteiger partial charge in [-0.25, -0.2) is 15.0 Å². The van der Waals surface area contributed by atoms with Crippen LogP contribution < -0.4 is 15.5 Å². The van der Waals surface area contributed by atoms with Crippen LogP contribution >= 0.6 is 11.3 Å². The van der Waals surface area contributed by atoms with Gasteiger partial charge in [0.1, 0.15) is 0 Å². The largest absolute Gasteiger partial charge is 0.351 e. The molecule has 2 N–H and O–H groups in total. The maximum Gasteiger partial charge on any atom is 0.223 e. The van der Waals surface area contributed by atoms with Gasteiger partial charge in [-0.05, 0) is 31.9 Å². The van der Waals surface area contributed by atoms with E-state index in [0.29, 0.717) is 6.04 Å². The molecule has 0 amide bonds. The Morgan fingerprint density at radius 3 is 2.73 bits per heavy atom. The summed E-state index contributed by atoms with van der Waals surface area (Å²) in [6.07, 6.45) is 6.85. The van der Waals surface area contributed by atoms with Crippen molar-refractivity contribution in [1.82, 2.24) is 20.3 Å². The molecule has 2 aliphatic rings. The number of piperazine rings is 1. The fourth-order valence-electron chi connectivity index (χ4n) is 4.27. The molecule has 0 spiro atoms. The molecule has 3 aromatic rings. The molecular formula is C23H28N6S. The van der Waals surface area contributed by atoms with Gasteiger partial charge < -0.3 is 15.5 Å². The molecule has 0 atom stereocenters. The zero-order valence-corrected chi connectivity index (χ0v) is 18.2. The van der Waals surface area contributed by atoms with Crippen molar-refractivity contribution >= 4 is 22.4 Å². The summed E-state index contributed by atoms with van der Waals surface area (Å²) in [5, 5.41) is 8.03. The number of rotatable bonds is 5. The molecule has 5 rings (SSSR count). The van der Waals surface area contributed by atoms with Gasteiger partial charge in [0.05, 0.1) is 16.3 Å². The lowest BCUT2D eigenvalue weighted by atomic mass is 10.1. The normalized spacial score (nSPS) is 17.4. The van der Waals surface area contributed by atoms with Gasteiger partial charge in [-0.15, -0.1) is 0 Å². The average Bonchev–Trinajstić information content (AvgIpc) is 3.45. The SMILES string of the molecule is Cc1cccc(-c2nc(N3CCNCC3)sc2-c2ccnc(NC3CCCC3)n2)c1. The van der Waals surface area contributed by atoms with Gasteiger partial charge >= 0.3 is 0 Å². The molecular weight excluding hydrogens is 392 g/mol. The van der Waals surface area contributed by atoms with Crippen LogP contribution in [0.1, 0.15) is 31.2 Å². The molecule has 0 bridgehead atoms. The Kier molecular flexibility index (Phi) is 5.64. The number of hydrogen-bond donors (Lipinski definition) is 2. The highest BCUT2D eigenvalue weighted by Gasteiger charge is 2.22. The Morgan fingerprint density at radius 1 is 1.10 bits per heavy atom. The van der Waals surface area contributed by atoms with E-state index in [2.05, 4.69) is 51.7 Å². The van der Waals surface area contributed by atoms with Crippen LogP contribution in [-0.4, -0.2) is 47.2 Å². The van der Waals surface area contributed by atoms with Crippen molar-refractivity contribution in [2.24, 2.45) is 0 Å². The molecule has 0 radical (unpaired) electrons. The topological polar surface area (TPSA) is 66.0 Å². The van der Waals surface area contributed by atoms with E-state index < -0.39 is 0 Å². The highest BCUT2D eigenvalue weighted by atomic mass is 32.1. The average molecular weight is 421 g/mol. The monoisotopic (exact) mass is 420 g/mol. The minimum absolute atomic E-state index is 0.495. The number of aryl methyl sites for hydroxylation is 1. The maximum atomic E-state index is 5.09. The highest BCUT2D eigenvalue weighted by Crippen LogP contribution is 2.40. The fourth-order valence-corrected chi connectivity index (χ4v) is 5.38. The van der Waals surface area contributed by atoms with Crippen molar-refractivity contribution in [2.45, 2.75) is 38.6 Å². The molecule has 2 aromatic heterocycles. The molecule has 156 valence electrons. The Bertz CT molecular complexity index is 1000. The van der Waals surface area contributed by atoms with Crippen LogP contribution in [0.2, 0.25) is 0 Å². The molecule has 7 heteroatoms. The molecule has 1 aliphatic carbocycles. The summed E-state index contributed by atoms with van der Waals surface area (Å²) in [5.41, 5.74) is 4.34. The number of benzene rings is 1. The van der Waals surface area contributed by atoms with Crippen LogP contribution in [0, 0.1) is 6.92 Å². The predicted octanol–water partition coefficient (Wildman–Crippen LogP) is 4.34. The van der Waals surface area contributed by atoms with Crippen molar-refractivity contribution in [2.75, 3.05) is 36.4 Å². The van der Waals surface area contributed by atoms with Crippen molar-refractivity contribution in [3.63, 3.8) is 0 Å². The second-order valence-electron chi connectivity index (χ2n) is 8.17. The van der Waals surface area contributed by atoms with E-state index in [1.807, 2.05) is 12.3 Å². The molecule has 30 heavy (non-hydrogen) atoms. The summed E-state index contributed by atoms with van der Waals surface area (Å²) < 4.78 is 0. The van der Waals surface area contributed by atoms with E-state index in [9.17, 15) is 0 Å². The lowest BCUT2D eigenvalue weighted by Crippen LogP contribution is -2.43. The third kappa shape index (κ3) is 4.18. The van der Waals surface area contributed by atoms with Crippen LogP contribution in [-0.2, 0) is 0 Å². The van der Waals surface area contributed by atoms with E-state index >= 15 is 0 Å². The van der Waals surface area contributed by atoms with Gasteiger partial charge in [0.25, 0.3) is 0 Å². The highest BCUT2D eigenvalue weighted by molar-refractivity contribution is 7.19. The zero-order chi connectivity index (χ0) is 20.3. The van der Waals surface area contributed by atoms with Gasteiger partial charge in [-0.1, -0.05) is 47.9 Å². The van der Waals surface area contributed by atoms with Crippen molar-refractivity contribution in [3.05, 3.63) is 42.1 Å². The molecule has 1 saturated carbocycles. The van der Waals surface area contributed by atoms with Crippen LogP contribution in [0.15, 0.2) is 36.5 Å². The van der Waals surface area contributed by atoms with Crippen molar-refractivity contribution in [3.8, 4) is 21.8 Å². The molecule has 2 fully saturated rings. The third-order valence-corrected chi connectivity index (χ3v) is 7.01.